The largest absolute Gasteiger partial charge is 0.292 e. The summed E-state index contributed by atoms with van der Waals surface area (Å²) in [5, 5.41) is 7.58. The maximum absolute atomic E-state index is 12.2. The lowest BCUT2D eigenvalue weighted by molar-refractivity contribution is -0.113. The first-order chi connectivity index (χ1) is 10.7. The Morgan fingerprint density at radius 2 is 2.09 bits per heavy atom. The molecule has 2 rings (SSSR count). The summed E-state index contributed by atoms with van der Waals surface area (Å²) >= 11 is 0. The van der Waals surface area contributed by atoms with Crippen molar-refractivity contribution in [3.8, 4) is 0 Å². The second kappa shape index (κ2) is 7.21. The van der Waals surface area contributed by atoms with Crippen LogP contribution in [0.1, 0.15) is 30.3 Å². The van der Waals surface area contributed by atoms with E-state index < -0.39 is 0 Å². The number of nitrogens with one attached hydrogen (secondary N) is 1. The lowest BCUT2D eigenvalue weighted by atomic mass is 10.1. The second-order valence-electron chi connectivity index (χ2n) is 4.56. The van der Waals surface area contributed by atoms with Crippen LogP contribution < -0.4 is 0 Å². The third-order valence-electron chi connectivity index (χ3n) is 3.06. The fourth-order valence-corrected chi connectivity index (χ4v) is 1.98. The van der Waals surface area contributed by atoms with E-state index in [0.717, 1.165) is 10.9 Å². The van der Waals surface area contributed by atoms with E-state index >= 15 is 0 Å². The molecule has 0 spiro atoms. The van der Waals surface area contributed by atoms with Crippen LogP contribution in [0.4, 0.5) is 0 Å². The number of hydrogen-bond donors (Lipinski definition) is 1. The molecule has 6 nitrogen and oxygen atoms in total. The molecule has 0 amide bonds. The van der Waals surface area contributed by atoms with Crippen LogP contribution in [0.15, 0.2) is 46.5 Å². The number of nitrogens with zero attached hydrogens (tertiary/aromatic N) is 3. The Kier molecular flexibility index (Phi) is 5.08. The molecular weight excluding hydrogens is 280 g/mol. The predicted molar refractivity (Wildman–Crippen MR) is 86.5 cm³/mol. The molecule has 2 aromatic rings. The zero-order chi connectivity index (χ0) is 15.9. The van der Waals surface area contributed by atoms with Gasteiger partial charge in [0.05, 0.1) is 5.52 Å². The summed E-state index contributed by atoms with van der Waals surface area (Å²) in [5.74, 6) is -0.501. The molecule has 1 N–H and O–H groups in total. The molecule has 0 fully saturated rings. The lowest BCUT2D eigenvalue weighted by Gasteiger charge is -1.99. The third-order valence-corrected chi connectivity index (χ3v) is 3.06. The van der Waals surface area contributed by atoms with E-state index in [1.54, 1.807) is 13.0 Å². The minimum atomic E-state index is -0.318. The number of allylic oxidation sites excluding steroid dienone is 1. The van der Waals surface area contributed by atoms with Gasteiger partial charge in [0, 0.05) is 24.4 Å². The summed E-state index contributed by atoms with van der Waals surface area (Å²) in [6.07, 6.45) is 3.22. The summed E-state index contributed by atoms with van der Waals surface area (Å²) in [6, 6.07) is 7.35. The SMILES string of the molecule is C=NC(=N/C=C\C)C(=O)CCC(=O)c1n[nH]c2ccccc12. The van der Waals surface area contributed by atoms with Crippen LogP contribution in [0.25, 0.3) is 10.9 Å². The minimum absolute atomic E-state index is 0.0118. The maximum Gasteiger partial charge on any atom is 0.200 e. The Bertz CT molecular complexity index is 771. The number of carbonyl (C=O) groups is 2. The number of hydrogen-bond acceptors (Lipinski definition) is 4. The van der Waals surface area contributed by atoms with Gasteiger partial charge in [-0.3, -0.25) is 14.7 Å². The Hall–Kier alpha value is -2.89. The summed E-state index contributed by atoms with van der Waals surface area (Å²) in [6.45, 7) is 5.09. The van der Waals surface area contributed by atoms with E-state index in [-0.39, 0.29) is 30.2 Å². The molecule has 0 radical (unpaired) electrons. The summed E-state index contributed by atoms with van der Waals surface area (Å²) < 4.78 is 0. The third kappa shape index (κ3) is 3.41. The molecule has 1 aromatic carbocycles. The average Bonchev–Trinajstić information content (AvgIpc) is 2.97. The summed E-state index contributed by atoms with van der Waals surface area (Å²) in [4.78, 5) is 31.6. The first-order valence-electron chi connectivity index (χ1n) is 6.82. The fourth-order valence-electron chi connectivity index (χ4n) is 1.98. The molecule has 22 heavy (non-hydrogen) atoms. The van der Waals surface area contributed by atoms with Gasteiger partial charge in [-0.05, 0) is 19.7 Å². The topological polar surface area (TPSA) is 87.5 Å². The highest BCUT2D eigenvalue weighted by molar-refractivity contribution is 6.40. The quantitative estimate of drug-likeness (QED) is 0.505. The molecule has 0 saturated carbocycles. The van der Waals surface area contributed by atoms with Crippen LogP contribution >= 0.6 is 0 Å². The highest BCUT2D eigenvalue weighted by Gasteiger charge is 2.17. The van der Waals surface area contributed by atoms with Crippen molar-refractivity contribution >= 4 is 35.0 Å². The number of aliphatic imine (C=N–C) groups is 2. The number of H-pyrrole nitrogens is 1. The van der Waals surface area contributed by atoms with Crippen LogP contribution in [-0.2, 0) is 4.79 Å². The van der Waals surface area contributed by atoms with Crippen molar-refractivity contribution in [3.63, 3.8) is 0 Å². The van der Waals surface area contributed by atoms with Gasteiger partial charge in [-0.1, -0.05) is 24.3 Å². The number of para-hydroxylation sites is 1. The van der Waals surface area contributed by atoms with Gasteiger partial charge < -0.3 is 0 Å². The van der Waals surface area contributed by atoms with Crippen LogP contribution in [0.5, 0.6) is 0 Å². The smallest absolute Gasteiger partial charge is 0.200 e. The highest BCUT2D eigenvalue weighted by Crippen LogP contribution is 2.17. The van der Waals surface area contributed by atoms with Crippen molar-refractivity contribution < 1.29 is 9.59 Å². The molecule has 0 aliphatic rings. The molecule has 0 aliphatic carbocycles. The van der Waals surface area contributed by atoms with Crippen molar-refractivity contribution in [1.29, 1.82) is 0 Å². The van der Waals surface area contributed by atoms with Crippen LogP contribution in [0.3, 0.4) is 0 Å². The number of aromatic amines is 1. The van der Waals surface area contributed by atoms with E-state index in [0.29, 0.717) is 5.69 Å². The molecule has 0 bridgehead atoms. The van der Waals surface area contributed by atoms with E-state index in [2.05, 4.69) is 26.9 Å². The highest BCUT2D eigenvalue weighted by atomic mass is 16.1. The molecule has 1 heterocycles. The first-order valence-corrected chi connectivity index (χ1v) is 6.82. The Balaban J connectivity index is 2.07. The maximum atomic E-state index is 12.2. The van der Waals surface area contributed by atoms with E-state index in [1.807, 2.05) is 24.3 Å². The number of Topliss-reactive ketones (excluding diaryl/α,β-unsaturated/α-hetero) is 2. The number of benzene rings is 1. The zero-order valence-corrected chi connectivity index (χ0v) is 12.2. The molecule has 1 aromatic heterocycles. The van der Waals surface area contributed by atoms with Gasteiger partial charge >= 0.3 is 0 Å². The zero-order valence-electron chi connectivity index (χ0n) is 12.2. The number of ketones is 2. The Labute approximate surface area is 127 Å². The Morgan fingerprint density at radius 1 is 1.32 bits per heavy atom. The normalized spacial score (nSPS) is 12.0. The number of aromatic nitrogens is 2. The van der Waals surface area contributed by atoms with Gasteiger partial charge in [-0.2, -0.15) is 5.10 Å². The average molecular weight is 296 g/mol. The van der Waals surface area contributed by atoms with Crippen molar-refractivity contribution in [1.82, 2.24) is 10.2 Å². The number of rotatable bonds is 6. The van der Waals surface area contributed by atoms with Gasteiger partial charge in [0.25, 0.3) is 0 Å². The van der Waals surface area contributed by atoms with Crippen molar-refractivity contribution in [3.05, 3.63) is 42.2 Å². The van der Waals surface area contributed by atoms with Crippen LogP contribution in [0.2, 0.25) is 0 Å². The van der Waals surface area contributed by atoms with Gasteiger partial charge in [0.2, 0.25) is 0 Å². The molecule has 0 aliphatic heterocycles. The summed E-state index contributed by atoms with van der Waals surface area (Å²) in [7, 11) is 0. The lowest BCUT2D eigenvalue weighted by Crippen LogP contribution is -2.13. The standard InChI is InChI=1S/C16H16N4O2/c1-3-10-18-16(17-2)14(22)9-8-13(21)15-11-6-4-5-7-12(11)19-20-15/h3-7,10H,2,8-9H2,1H3,(H,19,20)/b10-3-,18-16?. The molecular formula is C16H16N4O2. The first kappa shape index (κ1) is 15.5. The molecule has 112 valence electrons. The molecule has 6 heteroatoms. The summed E-state index contributed by atoms with van der Waals surface area (Å²) in [5.41, 5.74) is 1.14. The van der Waals surface area contributed by atoms with E-state index in [9.17, 15) is 9.59 Å². The minimum Gasteiger partial charge on any atom is -0.292 e. The van der Waals surface area contributed by atoms with Crippen molar-refractivity contribution in [2.45, 2.75) is 19.8 Å². The molecule has 0 unspecified atom stereocenters. The van der Waals surface area contributed by atoms with Crippen LogP contribution in [0, 0.1) is 0 Å². The van der Waals surface area contributed by atoms with Crippen molar-refractivity contribution in [2.24, 2.45) is 9.98 Å². The molecule has 0 atom stereocenters. The number of amidine groups is 1. The number of fused-ring (bicyclic) bond motifs is 1. The number of carbonyl (C=O) groups excluding carboxylic acids is 2. The Morgan fingerprint density at radius 3 is 2.82 bits per heavy atom. The fraction of sp³-hybridized carbons (Fsp3) is 0.188. The van der Waals surface area contributed by atoms with Gasteiger partial charge in [-0.15, -0.1) is 0 Å². The van der Waals surface area contributed by atoms with E-state index in [1.165, 1.54) is 6.20 Å². The van der Waals surface area contributed by atoms with Crippen LogP contribution in [-0.4, -0.2) is 34.3 Å². The van der Waals surface area contributed by atoms with Gasteiger partial charge in [0.15, 0.2) is 17.4 Å². The molecule has 0 saturated heterocycles. The monoisotopic (exact) mass is 296 g/mol. The second-order valence-corrected chi connectivity index (χ2v) is 4.56. The predicted octanol–water partition coefficient (Wildman–Crippen LogP) is 2.73. The van der Waals surface area contributed by atoms with Gasteiger partial charge in [-0.25, -0.2) is 9.98 Å². The van der Waals surface area contributed by atoms with Gasteiger partial charge in [0.1, 0.15) is 5.69 Å². The van der Waals surface area contributed by atoms with E-state index in [4.69, 9.17) is 0 Å². The van der Waals surface area contributed by atoms with Crippen molar-refractivity contribution in [2.75, 3.05) is 0 Å².